The molecule has 6 rings (SSSR count). The number of rotatable bonds is 1. The molecule has 0 radical (unpaired) electrons. The van der Waals surface area contributed by atoms with Crippen LogP contribution in [0.1, 0.15) is 63.9 Å². The molecule has 5 nitrogen and oxygen atoms in total. The third kappa shape index (κ3) is 3.57. The zero-order chi connectivity index (χ0) is 24.1. The lowest BCUT2D eigenvalue weighted by Gasteiger charge is -2.55. The Morgan fingerprint density at radius 3 is 2.74 bits per heavy atom. The van der Waals surface area contributed by atoms with Gasteiger partial charge in [-0.1, -0.05) is 30.7 Å². The normalized spacial score (nSPS) is 39.1. The van der Waals surface area contributed by atoms with Crippen molar-refractivity contribution < 1.29 is 14.6 Å². The van der Waals surface area contributed by atoms with E-state index in [1.165, 1.54) is 5.57 Å². The lowest BCUT2D eigenvalue weighted by atomic mass is 9.53. The van der Waals surface area contributed by atoms with Crippen molar-refractivity contribution in [1.82, 2.24) is 15.5 Å². The molecule has 0 amide bonds. The van der Waals surface area contributed by atoms with Gasteiger partial charge in [-0.2, -0.15) is 5.10 Å². The summed E-state index contributed by atoms with van der Waals surface area (Å²) in [4.78, 5) is 0. The first-order valence-corrected chi connectivity index (χ1v) is 12.8. The van der Waals surface area contributed by atoms with Gasteiger partial charge in [0.05, 0.1) is 17.8 Å². The van der Waals surface area contributed by atoms with Gasteiger partial charge in [0.15, 0.2) is 5.67 Å². The van der Waals surface area contributed by atoms with E-state index in [9.17, 15) is 10.2 Å². The maximum Gasteiger partial charge on any atom is 0.158 e. The predicted octanol–water partition coefficient (Wildman–Crippen LogP) is 4.92. The molecular formula is C28H38FN3O2. The lowest BCUT2D eigenvalue weighted by molar-refractivity contribution is -0.172. The van der Waals surface area contributed by atoms with E-state index in [0.29, 0.717) is 38.0 Å². The van der Waals surface area contributed by atoms with Gasteiger partial charge >= 0.3 is 0 Å². The third-order valence-electron chi connectivity index (χ3n) is 9.13. The Labute approximate surface area is 201 Å². The fraction of sp³-hybridized carbons (Fsp3) is 0.607. The maximum atomic E-state index is 16.6. The Morgan fingerprint density at radius 1 is 1.15 bits per heavy atom. The number of aromatic amines is 1. The van der Waals surface area contributed by atoms with Gasteiger partial charge in [0.25, 0.3) is 0 Å². The fourth-order valence-electron chi connectivity index (χ4n) is 7.34. The van der Waals surface area contributed by atoms with Crippen molar-refractivity contribution in [3.63, 3.8) is 0 Å². The molecular weight excluding hydrogens is 429 g/mol. The molecule has 2 aromatic rings. The summed E-state index contributed by atoms with van der Waals surface area (Å²) in [6.07, 6.45) is 10.7. The fourth-order valence-corrected chi connectivity index (χ4v) is 7.34. The zero-order valence-electron chi connectivity index (χ0n) is 20.6. The first kappa shape index (κ1) is 23.7. The molecule has 1 aromatic carbocycles. The quantitative estimate of drug-likeness (QED) is 0.449. The third-order valence-corrected chi connectivity index (χ3v) is 9.13. The average Bonchev–Trinajstić information content (AvgIpc) is 3.38. The van der Waals surface area contributed by atoms with Crippen LogP contribution < -0.4 is 5.32 Å². The zero-order valence-corrected chi connectivity index (χ0v) is 20.6. The Kier molecular flexibility index (Phi) is 5.98. The molecule has 5 unspecified atom stereocenters. The molecule has 4 aliphatic rings. The summed E-state index contributed by atoms with van der Waals surface area (Å²) in [5, 5.41) is 33.2. The van der Waals surface area contributed by atoms with Crippen molar-refractivity contribution in [2.75, 3.05) is 14.1 Å². The molecule has 1 aromatic heterocycles. The molecule has 2 saturated carbocycles. The van der Waals surface area contributed by atoms with Crippen LogP contribution in [0.3, 0.4) is 0 Å². The van der Waals surface area contributed by atoms with Gasteiger partial charge in [-0.05, 0) is 100 Å². The standard InChI is InChI=1S/C26H31FN2O2.C2H7N/c1-24-10-11-25(27)14-19-12-20(30)5-4-16(19)8-9-26(25,31)23(24)7-6-21(24)17-2-3-18-15-28-29-22(18)13-17;1-3-2/h2-3,6,13-16,20,23,30-31H,4-5,7-12H2,1H3,(H,28,29);3H,1-2H3/t16?,20?,23?,24?,25?,26-;/m0./s1. The van der Waals surface area contributed by atoms with E-state index in [1.807, 2.05) is 20.3 Å². The number of nitrogens with one attached hydrogen (secondary N) is 2. The molecule has 34 heavy (non-hydrogen) atoms. The number of hydrogen-bond donors (Lipinski definition) is 4. The highest BCUT2D eigenvalue weighted by Crippen LogP contribution is 2.65. The Hall–Kier alpha value is -2.02. The van der Waals surface area contributed by atoms with Crippen LogP contribution in [0.25, 0.3) is 16.5 Å². The van der Waals surface area contributed by atoms with E-state index < -0.39 is 11.3 Å². The predicted molar refractivity (Wildman–Crippen MR) is 134 cm³/mol. The first-order valence-electron chi connectivity index (χ1n) is 12.8. The Bertz CT molecular complexity index is 1130. The van der Waals surface area contributed by atoms with Crippen molar-refractivity contribution >= 4 is 16.5 Å². The highest BCUT2D eigenvalue weighted by atomic mass is 19.1. The van der Waals surface area contributed by atoms with Crippen LogP contribution in [0.4, 0.5) is 4.39 Å². The molecule has 4 N–H and O–H groups in total. The number of nitrogens with zero attached hydrogens (tertiary/aromatic N) is 1. The van der Waals surface area contributed by atoms with Crippen molar-refractivity contribution in [3.05, 3.63) is 47.7 Å². The summed E-state index contributed by atoms with van der Waals surface area (Å²) < 4.78 is 16.6. The van der Waals surface area contributed by atoms with Crippen LogP contribution in [0.15, 0.2) is 42.1 Å². The number of fused-ring (bicyclic) bond motifs is 5. The number of aliphatic hydroxyl groups is 2. The minimum Gasteiger partial charge on any atom is -0.393 e. The summed E-state index contributed by atoms with van der Waals surface area (Å²) in [6, 6.07) is 6.34. The van der Waals surface area contributed by atoms with Gasteiger partial charge in [0.2, 0.25) is 0 Å². The molecule has 0 saturated heterocycles. The number of H-pyrrole nitrogens is 1. The number of halogens is 1. The number of aromatic nitrogens is 2. The minimum absolute atomic E-state index is 0.145. The van der Waals surface area contributed by atoms with Gasteiger partial charge in [-0.3, -0.25) is 5.10 Å². The summed E-state index contributed by atoms with van der Waals surface area (Å²) in [7, 11) is 3.75. The molecule has 2 fully saturated rings. The monoisotopic (exact) mass is 467 g/mol. The second kappa shape index (κ2) is 8.58. The van der Waals surface area contributed by atoms with E-state index in [0.717, 1.165) is 41.3 Å². The SMILES string of the molecule is CC12CCC3(F)C=C4CC(O)CCC4CC[C@]3(O)C1CC=C2c1ccc2cn[nH]c2c1.CNC. The largest absolute Gasteiger partial charge is 0.393 e. The van der Waals surface area contributed by atoms with Gasteiger partial charge < -0.3 is 15.5 Å². The highest BCUT2D eigenvalue weighted by Gasteiger charge is 2.65. The minimum atomic E-state index is -1.71. The molecule has 0 spiro atoms. The van der Waals surface area contributed by atoms with Crippen LogP contribution in [0.2, 0.25) is 0 Å². The van der Waals surface area contributed by atoms with Crippen molar-refractivity contribution in [1.29, 1.82) is 0 Å². The van der Waals surface area contributed by atoms with E-state index in [2.05, 4.69) is 46.7 Å². The molecule has 6 atom stereocenters. The number of hydrogen-bond acceptors (Lipinski definition) is 4. The molecule has 6 heteroatoms. The summed E-state index contributed by atoms with van der Waals surface area (Å²) in [5.41, 5.74) is 1.07. The second-order valence-corrected chi connectivity index (χ2v) is 11.2. The van der Waals surface area contributed by atoms with Crippen LogP contribution in [0.5, 0.6) is 0 Å². The second-order valence-electron chi connectivity index (χ2n) is 11.2. The Morgan fingerprint density at radius 2 is 1.94 bits per heavy atom. The van der Waals surface area contributed by atoms with E-state index in [-0.39, 0.29) is 17.4 Å². The van der Waals surface area contributed by atoms with Gasteiger partial charge in [-0.15, -0.1) is 0 Å². The van der Waals surface area contributed by atoms with E-state index >= 15 is 4.39 Å². The smallest absolute Gasteiger partial charge is 0.158 e. The number of benzene rings is 1. The molecule has 1 heterocycles. The van der Waals surface area contributed by atoms with Gasteiger partial charge in [0, 0.05) is 11.3 Å². The maximum absolute atomic E-state index is 16.6. The molecule has 184 valence electrons. The van der Waals surface area contributed by atoms with Crippen molar-refractivity contribution in [2.24, 2.45) is 17.3 Å². The van der Waals surface area contributed by atoms with Gasteiger partial charge in [-0.25, -0.2) is 4.39 Å². The van der Waals surface area contributed by atoms with Crippen molar-refractivity contribution in [2.45, 2.75) is 75.7 Å². The summed E-state index contributed by atoms with van der Waals surface area (Å²) >= 11 is 0. The Balaban J connectivity index is 0.000000764. The van der Waals surface area contributed by atoms with Crippen LogP contribution in [0, 0.1) is 17.3 Å². The first-order chi connectivity index (χ1) is 16.2. The van der Waals surface area contributed by atoms with Crippen LogP contribution in [-0.4, -0.2) is 51.9 Å². The average molecular weight is 468 g/mol. The van der Waals surface area contributed by atoms with E-state index in [4.69, 9.17) is 0 Å². The molecule has 0 aliphatic heterocycles. The topological polar surface area (TPSA) is 81.2 Å². The lowest BCUT2D eigenvalue weighted by Crippen LogP contribution is -2.61. The summed E-state index contributed by atoms with van der Waals surface area (Å²) in [6.45, 7) is 2.22. The van der Waals surface area contributed by atoms with E-state index in [1.54, 1.807) is 6.08 Å². The van der Waals surface area contributed by atoms with Gasteiger partial charge in [0.1, 0.15) is 5.60 Å². The summed E-state index contributed by atoms with van der Waals surface area (Å²) in [5.74, 6) is 0.154. The van der Waals surface area contributed by atoms with Crippen LogP contribution in [-0.2, 0) is 0 Å². The van der Waals surface area contributed by atoms with Crippen LogP contribution >= 0.6 is 0 Å². The number of aliphatic hydroxyl groups excluding tert-OH is 1. The van der Waals surface area contributed by atoms with Crippen molar-refractivity contribution in [3.8, 4) is 0 Å². The molecule has 0 bridgehead atoms. The molecule has 4 aliphatic carbocycles. The number of allylic oxidation sites excluding steroid dienone is 2. The number of alkyl halides is 1. The highest BCUT2D eigenvalue weighted by molar-refractivity contribution is 5.84.